The Morgan fingerprint density at radius 1 is 1.53 bits per heavy atom. The van der Waals surface area contributed by atoms with Crippen LogP contribution in [-0.4, -0.2) is 52.0 Å². The van der Waals surface area contributed by atoms with E-state index in [-0.39, 0.29) is 18.1 Å². The minimum Gasteiger partial charge on any atom is -0.382 e. The molecule has 5 heteroatoms. The Bertz CT molecular complexity index is 236. The minimum absolute atomic E-state index is 0.0567. The van der Waals surface area contributed by atoms with E-state index in [0.29, 0.717) is 19.1 Å². The van der Waals surface area contributed by atoms with Crippen LogP contribution in [0.2, 0.25) is 0 Å². The molecular formula is C12H24N2O3. The first-order valence-electron chi connectivity index (χ1n) is 6.20. The van der Waals surface area contributed by atoms with Crippen LogP contribution >= 0.6 is 0 Å². The summed E-state index contributed by atoms with van der Waals surface area (Å²) in [5.74, 6) is 0.680. The monoisotopic (exact) mass is 244 g/mol. The van der Waals surface area contributed by atoms with Gasteiger partial charge in [-0.3, -0.25) is 4.79 Å². The molecule has 1 rings (SSSR count). The van der Waals surface area contributed by atoms with E-state index in [9.17, 15) is 4.79 Å². The van der Waals surface area contributed by atoms with E-state index in [1.165, 1.54) is 0 Å². The molecule has 0 aromatic rings. The van der Waals surface area contributed by atoms with Crippen molar-refractivity contribution in [2.24, 2.45) is 5.92 Å². The number of ether oxygens (including phenoxy) is 2. The molecule has 0 bridgehead atoms. The Labute approximate surface area is 103 Å². The van der Waals surface area contributed by atoms with Crippen molar-refractivity contribution in [1.29, 1.82) is 0 Å². The first-order valence-corrected chi connectivity index (χ1v) is 6.20. The first-order chi connectivity index (χ1) is 8.17. The van der Waals surface area contributed by atoms with Crippen LogP contribution in [0.1, 0.15) is 19.8 Å². The van der Waals surface area contributed by atoms with Crippen LogP contribution in [-0.2, 0) is 14.3 Å². The number of methoxy groups -OCH3 is 2. The lowest BCUT2D eigenvalue weighted by Crippen LogP contribution is -2.50. The van der Waals surface area contributed by atoms with Crippen LogP contribution in [0.4, 0.5) is 0 Å². The molecule has 1 saturated heterocycles. The summed E-state index contributed by atoms with van der Waals surface area (Å²) in [4.78, 5) is 11.9. The second-order valence-electron chi connectivity index (χ2n) is 4.69. The molecule has 100 valence electrons. The zero-order valence-corrected chi connectivity index (χ0v) is 11.0. The van der Waals surface area contributed by atoms with E-state index in [1.807, 2.05) is 0 Å². The zero-order chi connectivity index (χ0) is 12.7. The van der Waals surface area contributed by atoms with E-state index in [0.717, 1.165) is 19.4 Å². The van der Waals surface area contributed by atoms with Gasteiger partial charge in [0.25, 0.3) is 0 Å². The Morgan fingerprint density at radius 3 is 2.88 bits per heavy atom. The molecule has 1 aliphatic heterocycles. The normalized spacial score (nSPS) is 26.5. The van der Waals surface area contributed by atoms with Gasteiger partial charge in [-0.05, 0) is 25.3 Å². The van der Waals surface area contributed by atoms with Crippen molar-refractivity contribution in [1.82, 2.24) is 10.6 Å². The van der Waals surface area contributed by atoms with Gasteiger partial charge in [-0.1, -0.05) is 6.92 Å². The third kappa shape index (κ3) is 5.02. The molecule has 0 radical (unpaired) electrons. The molecule has 1 amide bonds. The molecule has 5 nitrogen and oxygen atoms in total. The van der Waals surface area contributed by atoms with Crippen molar-refractivity contribution in [3.8, 4) is 0 Å². The molecule has 0 spiro atoms. The van der Waals surface area contributed by atoms with Gasteiger partial charge in [-0.2, -0.15) is 0 Å². The highest BCUT2D eigenvalue weighted by Crippen LogP contribution is 2.14. The number of amides is 1. The zero-order valence-electron chi connectivity index (χ0n) is 11.0. The maximum Gasteiger partial charge on any atom is 0.237 e. The third-order valence-electron chi connectivity index (χ3n) is 3.17. The van der Waals surface area contributed by atoms with Crippen molar-refractivity contribution in [2.75, 3.05) is 33.9 Å². The summed E-state index contributed by atoms with van der Waals surface area (Å²) >= 11 is 0. The summed E-state index contributed by atoms with van der Waals surface area (Å²) in [7, 11) is 3.25. The Hall–Kier alpha value is -0.650. The Morgan fingerprint density at radius 2 is 2.29 bits per heavy atom. The molecular weight excluding hydrogens is 220 g/mol. The summed E-state index contributed by atoms with van der Waals surface area (Å²) in [6.07, 6.45) is 1.98. The predicted octanol–water partition coefficient (Wildman–Crippen LogP) is 0.152. The largest absolute Gasteiger partial charge is 0.382 e. The second-order valence-corrected chi connectivity index (χ2v) is 4.69. The summed E-state index contributed by atoms with van der Waals surface area (Å²) < 4.78 is 10.2. The number of hydrogen-bond acceptors (Lipinski definition) is 4. The first kappa shape index (κ1) is 14.4. The molecule has 0 saturated carbocycles. The van der Waals surface area contributed by atoms with Crippen molar-refractivity contribution in [2.45, 2.75) is 31.9 Å². The van der Waals surface area contributed by atoms with E-state index in [4.69, 9.17) is 9.47 Å². The van der Waals surface area contributed by atoms with E-state index in [1.54, 1.807) is 14.2 Å². The fourth-order valence-electron chi connectivity index (χ4n) is 2.04. The fraction of sp³-hybridized carbons (Fsp3) is 0.917. The summed E-state index contributed by atoms with van der Waals surface area (Å²) in [5, 5.41) is 6.14. The molecule has 1 heterocycles. The Balaban J connectivity index is 2.28. The van der Waals surface area contributed by atoms with Gasteiger partial charge in [0.1, 0.15) is 0 Å². The second kappa shape index (κ2) is 7.63. The van der Waals surface area contributed by atoms with Crippen LogP contribution in [0.25, 0.3) is 0 Å². The van der Waals surface area contributed by atoms with Gasteiger partial charge < -0.3 is 20.1 Å². The smallest absolute Gasteiger partial charge is 0.237 e. The summed E-state index contributed by atoms with van der Waals surface area (Å²) in [5.41, 5.74) is 0. The highest BCUT2D eigenvalue weighted by molar-refractivity contribution is 5.81. The number of carbonyl (C=O) groups excluding carboxylic acids is 1. The van der Waals surface area contributed by atoms with Gasteiger partial charge in [0.15, 0.2) is 0 Å². The quantitative estimate of drug-likeness (QED) is 0.698. The van der Waals surface area contributed by atoms with Crippen molar-refractivity contribution in [3.63, 3.8) is 0 Å². The fourth-order valence-corrected chi connectivity index (χ4v) is 2.04. The molecule has 17 heavy (non-hydrogen) atoms. The van der Waals surface area contributed by atoms with Crippen molar-refractivity contribution < 1.29 is 14.3 Å². The van der Waals surface area contributed by atoms with E-state index in [2.05, 4.69) is 17.6 Å². The van der Waals surface area contributed by atoms with Gasteiger partial charge in [0, 0.05) is 20.8 Å². The predicted molar refractivity (Wildman–Crippen MR) is 65.9 cm³/mol. The van der Waals surface area contributed by atoms with Crippen LogP contribution in [0.3, 0.4) is 0 Å². The molecule has 0 aromatic carbocycles. The Kier molecular flexibility index (Phi) is 6.47. The van der Waals surface area contributed by atoms with Gasteiger partial charge in [0.05, 0.1) is 18.8 Å². The van der Waals surface area contributed by atoms with E-state index < -0.39 is 0 Å². The summed E-state index contributed by atoms with van der Waals surface area (Å²) in [6, 6.07) is -0.0567. The van der Waals surface area contributed by atoms with Gasteiger partial charge in [-0.15, -0.1) is 0 Å². The number of rotatable bonds is 6. The SMILES string of the molecule is COCC(CNC(=O)C1CC(C)CCN1)OC. The lowest BCUT2D eigenvalue weighted by atomic mass is 9.94. The lowest BCUT2D eigenvalue weighted by Gasteiger charge is -2.27. The average molecular weight is 244 g/mol. The molecule has 1 aliphatic rings. The number of nitrogens with one attached hydrogen (secondary N) is 2. The molecule has 2 N–H and O–H groups in total. The third-order valence-corrected chi connectivity index (χ3v) is 3.17. The van der Waals surface area contributed by atoms with Gasteiger partial charge in [0.2, 0.25) is 5.91 Å². The molecule has 1 fully saturated rings. The van der Waals surface area contributed by atoms with E-state index >= 15 is 0 Å². The molecule has 0 aliphatic carbocycles. The van der Waals surface area contributed by atoms with Gasteiger partial charge >= 0.3 is 0 Å². The van der Waals surface area contributed by atoms with Crippen molar-refractivity contribution >= 4 is 5.91 Å². The topological polar surface area (TPSA) is 59.6 Å². The lowest BCUT2D eigenvalue weighted by molar-refractivity contribution is -0.124. The van der Waals surface area contributed by atoms with Crippen LogP contribution < -0.4 is 10.6 Å². The summed E-state index contributed by atoms with van der Waals surface area (Å²) in [6.45, 7) is 4.09. The molecule has 3 atom stereocenters. The van der Waals surface area contributed by atoms with Gasteiger partial charge in [-0.25, -0.2) is 0 Å². The standard InChI is InChI=1S/C12H24N2O3/c1-9-4-5-13-11(6-9)12(15)14-7-10(17-3)8-16-2/h9-11,13H,4-8H2,1-3H3,(H,14,15). The van der Waals surface area contributed by atoms with Crippen molar-refractivity contribution in [3.05, 3.63) is 0 Å². The van der Waals surface area contributed by atoms with Crippen LogP contribution in [0, 0.1) is 5.92 Å². The maximum atomic E-state index is 11.9. The molecule has 3 unspecified atom stereocenters. The van der Waals surface area contributed by atoms with Crippen LogP contribution in [0.5, 0.6) is 0 Å². The maximum absolute atomic E-state index is 11.9. The minimum atomic E-state index is -0.0787. The molecule has 0 aromatic heterocycles. The average Bonchev–Trinajstić information content (AvgIpc) is 2.34. The number of hydrogen-bond donors (Lipinski definition) is 2. The highest BCUT2D eigenvalue weighted by atomic mass is 16.5. The number of piperidine rings is 1. The van der Waals surface area contributed by atoms with Crippen LogP contribution in [0.15, 0.2) is 0 Å². The number of carbonyl (C=O) groups is 1. The highest BCUT2D eigenvalue weighted by Gasteiger charge is 2.24.